The van der Waals surface area contributed by atoms with Crippen molar-refractivity contribution in [2.45, 2.75) is 57.0 Å². The van der Waals surface area contributed by atoms with E-state index in [9.17, 15) is 40.7 Å². The van der Waals surface area contributed by atoms with E-state index in [1.54, 1.807) is 0 Å². The number of carbonyl (C=O) groups is 3. The summed E-state index contributed by atoms with van der Waals surface area (Å²) in [4.78, 5) is 35.8. The van der Waals surface area contributed by atoms with Gasteiger partial charge in [0.15, 0.2) is 0 Å². The first-order chi connectivity index (χ1) is 10.9. The van der Waals surface area contributed by atoms with Crippen LogP contribution in [-0.4, -0.2) is 36.0 Å². The van der Waals surface area contributed by atoms with Gasteiger partial charge in [0, 0.05) is 19.3 Å². The van der Waals surface area contributed by atoms with Gasteiger partial charge in [-0.05, 0) is 25.2 Å². The first-order valence-electron chi connectivity index (χ1n) is 7.28. The fraction of sp³-hybridized carbons (Fsp3) is 0.786. The predicted molar refractivity (Wildman–Crippen MR) is 65.6 cm³/mol. The first kappa shape index (κ1) is 18.7. The second-order valence-electron chi connectivity index (χ2n) is 6.10. The van der Waals surface area contributed by atoms with Crippen LogP contribution in [0.2, 0.25) is 0 Å². The van der Waals surface area contributed by atoms with Gasteiger partial charge in [0.05, 0.1) is 0 Å². The normalized spacial score (nSPS) is 28.7. The van der Waals surface area contributed by atoms with Crippen molar-refractivity contribution in [2.24, 2.45) is 11.3 Å². The fourth-order valence-electron chi connectivity index (χ4n) is 3.47. The molecule has 2 unspecified atom stereocenters. The van der Waals surface area contributed by atoms with Crippen LogP contribution in [-0.2, 0) is 19.1 Å². The Morgan fingerprint density at radius 1 is 1.08 bits per heavy atom. The molecular weight excluding hydrogens is 346 g/mol. The lowest BCUT2D eigenvalue weighted by molar-refractivity contribution is -0.315. The van der Waals surface area contributed by atoms with E-state index >= 15 is 0 Å². The molecule has 0 bridgehead atoms. The summed E-state index contributed by atoms with van der Waals surface area (Å²) in [5.74, 6) is -3.77. The highest BCUT2D eigenvalue weighted by Crippen LogP contribution is 2.49. The maximum absolute atomic E-state index is 12.6. The Bertz CT molecular complexity index is 538. The topological polar surface area (TPSA) is 60.4 Å². The maximum Gasteiger partial charge on any atom is 0.434 e. The third-order valence-corrected chi connectivity index (χ3v) is 4.60. The molecule has 2 saturated carbocycles. The van der Waals surface area contributed by atoms with Crippen LogP contribution in [0.4, 0.5) is 26.3 Å². The van der Waals surface area contributed by atoms with E-state index in [4.69, 9.17) is 0 Å². The largest absolute Gasteiger partial charge is 0.442 e. The Balaban J connectivity index is 2.32. The summed E-state index contributed by atoms with van der Waals surface area (Å²) >= 11 is 0. The molecule has 2 aliphatic rings. The van der Waals surface area contributed by atoms with Crippen molar-refractivity contribution >= 4 is 17.5 Å². The van der Waals surface area contributed by atoms with Crippen LogP contribution in [0.1, 0.15) is 38.5 Å². The van der Waals surface area contributed by atoms with Crippen LogP contribution in [0.5, 0.6) is 0 Å². The van der Waals surface area contributed by atoms with Gasteiger partial charge in [0.25, 0.3) is 6.10 Å². The van der Waals surface area contributed by atoms with Gasteiger partial charge < -0.3 is 4.74 Å². The first-order valence-corrected chi connectivity index (χ1v) is 7.28. The molecule has 4 nitrogen and oxygen atoms in total. The number of hydrogen-bond donors (Lipinski definition) is 0. The average molecular weight is 360 g/mol. The van der Waals surface area contributed by atoms with Crippen molar-refractivity contribution in [3.8, 4) is 0 Å². The standard InChI is InChI=1S/C14H14F6O4/c15-13(16,17)10(14(18,19)20)24-11(23)12(5-1-2-9(12)22)7-3-4-8(21)6-7/h7,10H,1-6H2. The minimum absolute atomic E-state index is 0.0367. The molecule has 2 fully saturated rings. The molecular formula is C14H14F6O4. The lowest BCUT2D eigenvalue weighted by Crippen LogP contribution is -2.51. The predicted octanol–water partition coefficient (Wildman–Crippen LogP) is 3.13. The zero-order valence-corrected chi connectivity index (χ0v) is 12.3. The number of esters is 1. The van der Waals surface area contributed by atoms with E-state index in [0.29, 0.717) is 0 Å². The minimum Gasteiger partial charge on any atom is -0.442 e. The molecule has 2 aliphatic carbocycles. The SMILES string of the molecule is O=C1CCC(C2(C(=O)OC(C(F)(F)F)C(F)(F)F)CCCC2=O)C1. The molecule has 0 aromatic heterocycles. The zero-order valence-electron chi connectivity index (χ0n) is 12.3. The molecule has 0 heterocycles. The third kappa shape index (κ3) is 3.27. The highest BCUT2D eigenvalue weighted by molar-refractivity contribution is 6.06. The molecule has 2 rings (SSSR count). The van der Waals surface area contributed by atoms with Crippen LogP contribution in [0.25, 0.3) is 0 Å². The van der Waals surface area contributed by atoms with Crippen LogP contribution < -0.4 is 0 Å². The minimum atomic E-state index is -5.84. The molecule has 0 N–H and O–H groups in total. The number of ether oxygens (including phenoxy) is 1. The summed E-state index contributed by atoms with van der Waals surface area (Å²) < 4.78 is 79.3. The van der Waals surface area contributed by atoms with Gasteiger partial charge in [0.1, 0.15) is 17.0 Å². The van der Waals surface area contributed by atoms with Crippen molar-refractivity contribution in [3.05, 3.63) is 0 Å². The smallest absolute Gasteiger partial charge is 0.434 e. The van der Waals surface area contributed by atoms with Gasteiger partial charge >= 0.3 is 18.3 Å². The molecule has 2 atom stereocenters. The summed E-state index contributed by atoms with van der Waals surface area (Å²) in [6.45, 7) is 0. The van der Waals surface area contributed by atoms with Crippen LogP contribution >= 0.6 is 0 Å². The molecule has 24 heavy (non-hydrogen) atoms. The van der Waals surface area contributed by atoms with E-state index in [2.05, 4.69) is 4.74 Å². The van der Waals surface area contributed by atoms with E-state index in [1.165, 1.54) is 0 Å². The van der Waals surface area contributed by atoms with Gasteiger partial charge in [-0.3, -0.25) is 14.4 Å². The van der Waals surface area contributed by atoms with Crippen molar-refractivity contribution in [3.63, 3.8) is 0 Å². The van der Waals surface area contributed by atoms with Gasteiger partial charge in [-0.1, -0.05) is 0 Å². The summed E-state index contributed by atoms with van der Waals surface area (Å²) in [5.41, 5.74) is -2.08. The second kappa shape index (κ2) is 6.03. The molecule has 10 heteroatoms. The van der Waals surface area contributed by atoms with Crippen molar-refractivity contribution < 1.29 is 45.5 Å². The van der Waals surface area contributed by atoms with E-state index in [0.717, 1.165) is 0 Å². The molecule has 0 aromatic carbocycles. The highest BCUT2D eigenvalue weighted by Gasteiger charge is 2.63. The Labute approximate surface area is 132 Å². The average Bonchev–Trinajstić information content (AvgIpc) is 3.00. The lowest BCUT2D eigenvalue weighted by atomic mass is 9.72. The number of ketones is 2. The van der Waals surface area contributed by atoms with Crippen molar-refractivity contribution in [1.29, 1.82) is 0 Å². The summed E-state index contributed by atoms with van der Waals surface area (Å²) in [5, 5.41) is 0. The monoisotopic (exact) mass is 360 g/mol. The van der Waals surface area contributed by atoms with Crippen molar-refractivity contribution in [2.75, 3.05) is 0 Å². The number of halogens is 6. The van der Waals surface area contributed by atoms with Crippen LogP contribution in [0.15, 0.2) is 0 Å². The van der Waals surface area contributed by atoms with Gasteiger partial charge in [0.2, 0.25) is 0 Å². The second-order valence-corrected chi connectivity index (χ2v) is 6.10. The zero-order chi connectivity index (χ0) is 18.3. The summed E-state index contributed by atoms with van der Waals surface area (Å²) in [7, 11) is 0. The summed E-state index contributed by atoms with van der Waals surface area (Å²) in [6.07, 6.45) is -16.3. The molecule has 0 amide bonds. The number of rotatable bonds is 3. The van der Waals surface area contributed by atoms with Crippen LogP contribution in [0, 0.1) is 11.3 Å². The molecule has 0 spiro atoms. The van der Waals surface area contributed by atoms with Gasteiger partial charge in [-0.2, -0.15) is 26.3 Å². The Hall–Kier alpha value is -1.61. The summed E-state index contributed by atoms with van der Waals surface area (Å²) in [6, 6.07) is 0. The maximum atomic E-state index is 12.6. The van der Waals surface area contributed by atoms with Crippen molar-refractivity contribution in [1.82, 2.24) is 0 Å². The van der Waals surface area contributed by atoms with Crippen LogP contribution in [0.3, 0.4) is 0 Å². The molecule has 0 saturated heterocycles. The quantitative estimate of drug-likeness (QED) is 0.441. The Kier molecular flexibility index (Phi) is 4.71. The van der Waals surface area contributed by atoms with E-state index < -0.39 is 41.5 Å². The fourth-order valence-corrected chi connectivity index (χ4v) is 3.47. The Morgan fingerprint density at radius 2 is 1.67 bits per heavy atom. The number of alkyl halides is 6. The molecule has 0 aromatic rings. The molecule has 0 aliphatic heterocycles. The number of carbonyl (C=O) groups excluding carboxylic acids is 3. The lowest BCUT2D eigenvalue weighted by Gasteiger charge is -2.33. The van der Waals surface area contributed by atoms with Gasteiger partial charge in [-0.25, -0.2) is 0 Å². The molecule has 0 radical (unpaired) electrons. The molecule has 136 valence electrons. The third-order valence-electron chi connectivity index (χ3n) is 4.60. The van der Waals surface area contributed by atoms with E-state index in [1.807, 2.05) is 0 Å². The highest BCUT2D eigenvalue weighted by atomic mass is 19.4. The number of Topliss-reactive ketones (excluding diaryl/α,β-unsaturated/α-hetero) is 2. The van der Waals surface area contributed by atoms with E-state index in [-0.39, 0.29) is 44.3 Å². The Morgan fingerprint density at radius 3 is 2.04 bits per heavy atom. The van der Waals surface area contributed by atoms with Gasteiger partial charge in [-0.15, -0.1) is 0 Å². The number of hydrogen-bond acceptors (Lipinski definition) is 4.